The zero-order valence-corrected chi connectivity index (χ0v) is 10.1. The van der Waals surface area contributed by atoms with Crippen molar-refractivity contribution < 1.29 is 0 Å². The molecule has 0 aliphatic carbocycles. The summed E-state index contributed by atoms with van der Waals surface area (Å²) in [4.78, 5) is 5.44. The Balaban J connectivity index is 1.99. The van der Waals surface area contributed by atoms with Gasteiger partial charge in [0.1, 0.15) is 11.4 Å². The lowest BCUT2D eigenvalue weighted by atomic mass is 10.2. The third-order valence-electron chi connectivity index (χ3n) is 2.90. The highest BCUT2D eigenvalue weighted by Gasteiger charge is 2.15. The Morgan fingerprint density at radius 1 is 1.06 bits per heavy atom. The Labute approximate surface area is 107 Å². The fraction of sp³-hybridized carbons (Fsp3) is 0. The summed E-state index contributed by atoms with van der Waals surface area (Å²) >= 11 is 1.71. The highest BCUT2D eigenvalue weighted by atomic mass is 32.1. The van der Waals surface area contributed by atoms with Crippen LogP contribution in [0.15, 0.2) is 42.6 Å². The summed E-state index contributed by atoms with van der Waals surface area (Å²) in [5, 5.41) is 12.2. The van der Waals surface area contributed by atoms with Gasteiger partial charge in [-0.3, -0.25) is 10.1 Å². The maximum atomic E-state index is 4.34. The van der Waals surface area contributed by atoms with Crippen molar-refractivity contribution in [2.24, 2.45) is 0 Å². The van der Waals surface area contributed by atoms with Crippen molar-refractivity contribution in [3.05, 3.63) is 42.6 Å². The summed E-state index contributed by atoms with van der Waals surface area (Å²) in [5.41, 5.74) is 2.63. The normalized spacial score (nSPS) is 11.3. The van der Waals surface area contributed by atoms with Crippen LogP contribution in [0.3, 0.4) is 0 Å². The van der Waals surface area contributed by atoms with E-state index in [0.29, 0.717) is 0 Å². The molecule has 0 amide bonds. The van der Waals surface area contributed by atoms with E-state index in [1.165, 1.54) is 10.1 Å². The number of aromatic amines is 1. The van der Waals surface area contributed by atoms with Crippen LogP contribution in [0, 0.1) is 0 Å². The first-order valence-electron chi connectivity index (χ1n) is 5.56. The lowest BCUT2D eigenvalue weighted by molar-refractivity contribution is 0.874. The van der Waals surface area contributed by atoms with E-state index in [2.05, 4.69) is 38.6 Å². The van der Waals surface area contributed by atoms with Crippen LogP contribution in [0.1, 0.15) is 0 Å². The number of H-pyrrole nitrogens is 1. The first-order chi connectivity index (χ1) is 8.92. The van der Waals surface area contributed by atoms with Gasteiger partial charge in [0.05, 0.1) is 10.6 Å². The van der Waals surface area contributed by atoms with Gasteiger partial charge in [0, 0.05) is 10.9 Å². The van der Waals surface area contributed by atoms with Crippen LogP contribution in [0.2, 0.25) is 0 Å². The topological polar surface area (TPSA) is 54.5 Å². The maximum absolute atomic E-state index is 4.34. The highest BCUT2D eigenvalue weighted by Crippen LogP contribution is 2.36. The zero-order chi connectivity index (χ0) is 11.9. The second kappa shape index (κ2) is 3.61. The molecule has 2 aromatic rings. The van der Waals surface area contributed by atoms with Gasteiger partial charge in [0.15, 0.2) is 0 Å². The molecule has 0 saturated heterocycles. The molecule has 2 aliphatic heterocycles. The van der Waals surface area contributed by atoms with Gasteiger partial charge in [0.2, 0.25) is 0 Å². The van der Waals surface area contributed by atoms with Gasteiger partial charge in [0.25, 0.3) is 0 Å². The molecule has 0 unspecified atom stereocenters. The van der Waals surface area contributed by atoms with Crippen LogP contribution in [0.5, 0.6) is 0 Å². The number of nitrogens with one attached hydrogen (secondary N) is 1. The molecule has 0 atom stereocenters. The zero-order valence-electron chi connectivity index (χ0n) is 9.29. The van der Waals surface area contributed by atoms with E-state index >= 15 is 0 Å². The van der Waals surface area contributed by atoms with Crippen molar-refractivity contribution in [3.8, 4) is 22.0 Å². The average Bonchev–Trinajstić information content (AvgIpc) is 3.04. The number of nitrogens with zero attached hydrogens (tertiary/aromatic N) is 3. The highest BCUT2D eigenvalue weighted by molar-refractivity contribution is 7.22. The predicted molar refractivity (Wildman–Crippen MR) is 71.6 cm³/mol. The van der Waals surface area contributed by atoms with Crippen LogP contribution in [-0.2, 0) is 0 Å². The van der Waals surface area contributed by atoms with Crippen LogP contribution < -0.4 is 0 Å². The molecule has 0 fully saturated rings. The SMILES string of the molecule is c1ccc2sc(-c3nn[nH]c4ccnc3-4)cc2c1. The smallest absolute Gasteiger partial charge is 0.132 e. The lowest BCUT2D eigenvalue weighted by Gasteiger charge is -2.00. The van der Waals surface area contributed by atoms with Crippen LogP contribution in [-0.4, -0.2) is 20.4 Å². The summed E-state index contributed by atoms with van der Waals surface area (Å²) in [5.74, 6) is 0. The summed E-state index contributed by atoms with van der Waals surface area (Å²) in [6.45, 7) is 0. The summed E-state index contributed by atoms with van der Waals surface area (Å²) in [7, 11) is 0. The Morgan fingerprint density at radius 2 is 2.00 bits per heavy atom. The van der Waals surface area contributed by atoms with Gasteiger partial charge in [-0.1, -0.05) is 23.4 Å². The van der Waals surface area contributed by atoms with Crippen molar-refractivity contribution in [1.29, 1.82) is 0 Å². The summed E-state index contributed by atoms with van der Waals surface area (Å²) in [6, 6.07) is 12.3. The molecule has 1 N–H and O–H groups in total. The number of rotatable bonds is 1. The number of hydrogen-bond acceptors (Lipinski definition) is 4. The number of benzene rings is 1. The van der Waals surface area contributed by atoms with Crippen LogP contribution in [0.4, 0.5) is 0 Å². The van der Waals surface area contributed by atoms with E-state index in [9.17, 15) is 0 Å². The minimum atomic E-state index is 0.843. The molecule has 2 aliphatic rings. The monoisotopic (exact) mass is 252 g/mol. The quantitative estimate of drug-likeness (QED) is 0.566. The molecule has 1 aromatic carbocycles. The van der Waals surface area contributed by atoms with E-state index in [-0.39, 0.29) is 0 Å². The molecular weight excluding hydrogens is 244 g/mol. The van der Waals surface area contributed by atoms with Crippen molar-refractivity contribution in [1.82, 2.24) is 20.4 Å². The van der Waals surface area contributed by atoms with E-state index in [1.54, 1.807) is 17.5 Å². The molecule has 18 heavy (non-hydrogen) atoms. The predicted octanol–water partition coefficient (Wildman–Crippen LogP) is 3.19. The molecule has 1 aromatic heterocycles. The Kier molecular flexibility index (Phi) is 1.95. The van der Waals surface area contributed by atoms with Crippen molar-refractivity contribution in [3.63, 3.8) is 0 Å². The third kappa shape index (κ3) is 1.34. The standard InChI is InChI=1S/C13H8N4S/c1-2-4-10-8(3-1)7-11(18-10)13-12-9(5-6-14-12)15-17-16-13/h1-7H,(H,15,16). The molecule has 0 radical (unpaired) electrons. The Morgan fingerprint density at radius 3 is 2.94 bits per heavy atom. The Hall–Kier alpha value is -2.27. The largest absolute Gasteiger partial charge is 0.257 e. The van der Waals surface area contributed by atoms with Crippen molar-refractivity contribution >= 4 is 21.4 Å². The van der Waals surface area contributed by atoms with E-state index in [0.717, 1.165) is 22.0 Å². The van der Waals surface area contributed by atoms with Gasteiger partial charge < -0.3 is 0 Å². The molecule has 4 nitrogen and oxygen atoms in total. The van der Waals surface area contributed by atoms with Crippen LogP contribution >= 0.6 is 11.3 Å². The molecule has 0 bridgehead atoms. The van der Waals surface area contributed by atoms with E-state index < -0.39 is 0 Å². The van der Waals surface area contributed by atoms with Gasteiger partial charge >= 0.3 is 0 Å². The molecule has 0 saturated carbocycles. The number of thiophene rings is 1. The minimum absolute atomic E-state index is 0.843. The fourth-order valence-corrected chi connectivity index (χ4v) is 3.10. The first-order valence-corrected chi connectivity index (χ1v) is 6.38. The number of aromatic nitrogens is 4. The van der Waals surface area contributed by atoms with Gasteiger partial charge in [-0.2, -0.15) is 0 Å². The van der Waals surface area contributed by atoms with Gasteiger partial charge in [-0.05, 0) is 23.6 Å². The van der Waals surface area contributed by atoms with Gasteiger partial charge in [-0.15, -0.1) is 16.4 Å². The van der Waals surface area contributed by atoms with Crippen molar-refractivity contribution in [2.75, 3.05) is 0 Å². The number of hydrogen-bond donors (Lipinski definition) is 1. The molecular formula is C13H8N4S. The molecule has 3 heterocycles. The van der Waals surface area contributed by atoms with E-state index in [4.69, 9.17) is 0 Å². The fourth-order valence-electron chi connectivity index (χ4n) is 2.05. The molecule has 86 valence electrons. The summed E-state index contributed by atoms with van der Waals surface area (Å²) in [6.07, 6.45) is 1.77. The lowest BCUT2D eigenvalue weighted by Crippen LogP contribution is -1.95. The Bertz CT molecular complexity index is 768. The second-order valence-corrected chi connectivity index (χ2v) is 5.10. The number of fused-ring (bicyclic) bond motifs is 2. The molecule has 5 heteroatoms. The first kappa shape index (κ1) is 9.73. The average molecular weight is 252 g/mol. The van der Waals surface area contributed by atoms with Gasteiger partial charge in [-0.25, -0.2) is 0 Å². The van der Waals surface area contributed by atoms with Crippen LogP contribution in [0.25, 0.3) is 32.0 Å². The molecule has 0 spiro atoms. The third-order valence-corrected chi connectivity index (χ3v) is 4.03. The minimum Gasteiger partial charge on any atom is -0.257 e. The van der Waals surface area contributed by atoms with E-state index in [1.807, 2.05) is 18.2 Å². The van der Waals surface area contributed by atoms with Crippen molar-refractivity contribution in [2.45, 2.75) is 0 Å². The second-order valence-electron chi connectivity index (χ2n) is 4.02. The maximum Gasteiger partial charge on any atom is 0.132 e. The summed E-state index contributed by atoms with van der Waals surface area (Å²) < 4.78 is 1.25. The molecule has 4 rings (SSSR count).